The Morgan fingerprint density at radius 3 is 1.69 bits per heavy atom. The van der Waals surface area contributed by atoms with E-state index in [1.165, 1.54) is 12.1 Å². The van der Waals surface area contributed by atoms with Crippen molar-refractivity contribution in [1.82, 2.24) is 47.5 Å². The predicted molar refractivity (Wildman–Crippen MR) is 259 cm³/mol. The van der Waals surface area contributed by atoms with Gasteiger partial charge in [-0.05, 0) is 72.8 Å². The molecule has 23 nitrogen and oxygen atoms in total. The molecule has 0 fully saturated rings. The molecule has 0 aliphatic carbocycles. The van der Waals surface area contributed by atoms with E-state index in [-0.39, 0.29) is 43.3 Å². The van der Waals surface area contributed by atoms with Gasteiger partial charge in [0.05, 0.1) is 25.7 Å². The number of amides is 8. The van der Waals surface area contributed by atoms with E-state index in [1.54, 1.807) is 64.2 Å². The van der Waals surface area contributed by atoms with Gasteiger partial charge in [0.1, 0.15) is 36.0 Å². The molecule has 2 aromatic carbocycles. The highest BCUT2D eigenvalue weighted by atomic mass is 16.4. The summed E-state index contributed by atoms with van der Waals surface area (Å²) in [5.41, 5.74) is 8.12. The number of benzene rings is 2. The Hall–Kier alpha value is -7.56. The molecule has 0 aliphatic rings. The minimum absolute atomic E-state index is 0.0167. The highest BCUT2D eigenvalue weighted by Crippen LogP contribution is 2.20. The molecular formula is C48H68N10O13. The van der Waals surface area contributed by atoms with Gasteiger partial charge in [0.2, 0.25) is 47.3 Å². The molecule has 388 valence electrons. The van der Waals surface area contributed by atoms with Crippen molar-refractivity contribution < 1.29 is 63.3 Å². The van der Waals surface area contributed by atoms with Crippen molar-refractivity contribution in [2.24, 2.45) is 23.5 Å². The summed E-state index contributed by atoms with van der Waals surface area (Å²) in [6, 6.07) is 5.78. The number of aromatic nitrogens is 1. The van der Waals surface area contributed by atoms with Crippen LogP contribution in [0.1, 0.15) is 78.4 Å². The lowest BCUT2D eigenvalue weighted by molar-refractivity contribution is -0.143. The van der Waals surface area contributed by atoms with Crippen LogP contribution in [0.25, 0.3) is 10.9 Å². The SMILES string of the molecule is CC(C)C[C@H](NC(=O)[C@H](N)Cc1ccc(O)cc1)C(=O)NCC(=O)NCC(=O)N[C@@H](CCC(=O)O)C(=O)N[C@@H](CC(C)C)C(=O)N[C@@H](Cc1c[nH]c2ccccc12)C(=O)NCC(=O)N[C@H](C(=O)O)C(C)C. The zero-order chi connectivity index (χ0) is 52.9. The number of carboxylic acids is 2. The summed E-state index contributed by atoms with van der Waals surface area (Å²) < 4.78 is 0. The van der Waals surface area contributed by atoms with Crippen LogP contribution in [-0.4, -0.2) is 135 Å². The second-order valence-corrected chi connectivity index (χ2v) is 18.4. The molecule has 0 saturated heterocycles. The summed E-state index contributed by atoms with van der Waals surface area (Å²) in [5, 5.41) is 48.9. The van der Waals surface area contributed by atoms with Crippen LogP contribution in [0.5, 0.6) is 5.75 Å². The van der Waals surface area contributed by atoms with E-state index in [9.17, 15) is 63.3 Å². The molecule has 0 bridgehead atoms. The Labute approximate surface area is 411 Å². The van der Waals surface area contributed by atoms with Crippen LogP contribution in [-0.2, 0) is 60.8 Å². The number of H-pyrrole nitrogens is 1. The largest absolute Gasteiger partial charge is 0.508 e. The van der Waals surface area contributed by atoms with Gasteiger partial charge in [0.15, 0.2) is 0 Å². The first-order valence-electron chi connectivity index (χ1n) is 23.3. The molecule has 3 aromatic rings. The van der Waals surface area contributed by atoms with Crippen LogP contribution in [0, 0.1) is 17.8 Å². The Morgan fingerprint density at radius 1 is 0.577 bits per heavy atom. The topological polar surface area (TPSA) is 369 Å². The molecule has 1 aromatic heterocycles. The molecule has 0 radical (unpaired) electrons. The number of nitrogens with one attached hydrogen (secondary N) is 9. The molecular weight excluding hydrogens is 925 g/mol. The average Bonchev–Trinajstić information content (AvgIpc) is 3.71. The number of carboxylic acid groups (broad SMARTS) is 2. The van der Waals surface area contributed by atoms with E-state index in [2.05, 4.69) is 47.5 Å². The summed E-state index contributed by atoms with van der Waals surface area (Å²) in [4.78, 5) is 133. The molecule has 0 saturated carbocycles. The zero-order valence-corrected chi connectivity index (χ0v) is 40.8. The molecule has 14 N–H and O–H groups in total. The number of para-hydroxylation sites is 1. The summed E-state index contributed by atoms with van der Waals surface area (Å²) in [5.74, 6) is -9.70. The minimum Gasteiger partial charge on any atom is -0.508 e. The number of aliphatic carboxylic acids is 2. The van der Waals surface area contributed by atoms with Crippen LogP contribution >= 0.6 is 0 Å². The van der Waals surface area contributed by atoms with Crippen LogP contribution in [0.4, 0.5) is 0 Å². The Morgan fingerprint density at radius 2 is 1.10 bits per heavy atom. The third-order valence-electron chi connectivity index (χ3n) is 11.0. The molecule has 0 spiro atoms. The first-order valence-corrected chi connectivity index (χ1v) is 23.3. The first-order chi connectivity index (χ1) is 33.4. The quantitative estimate of drug-likeness (QED) is 0.0416. The van der Waals surface area contributed by atoms with Gasteiger partial charge in [0.25, 0.3) is 0 Å². The number of phenols is 1. The maximum Gasteiger partial charge on any atom is 0.326 e. The first kappa shape index (κ1) is 57.8. The minimum atomic E-state index is -1.53. The zero-order valence-electron chi connectivity index (χ0n) is 40.8. The molecule has 1 heterocycles. The number of hydrogen-bond donors (Lipinski definition) is 13. The lowest BCUT2D eigenvalue weighted by atomic mass is 10.00. The summed E-state index contributed by atoms with van der Waals surface area (Å²) in [6.45, 7) is 8.42. The monoisotopic (exact) mass is 992 g/mol. The summed E-state index contributed by atoms with van der Waals surface area (Å²) in [6.07, 6.45) is 0.885. The molecule has 0 unspecified atom stereocenters. The Kier molecular flexibility index (Phi) is 22.9. The Bertz CT molecular complexity index is 2350. The number of aromatic hydroxyl groups is 1. The van der Waals surface area contributed by atoms with E-state index in [4.69, 9.17) is 5.73 Å². The third-order valence-corrected chi connectivity index (χ3v) is 11.0. The van der Waals surface area contributed by atoms with Gasteiger partial charge >= 0.3 is 11.9 Å². The molecule has 71 heavy (non-hydrogen) atoms. The maximum absolute atomic E-state index is 14.1. The molecule has 0 aliphatic heterocycles. The van der Waals surface area contributed by atoms with E-state index in [0.29, 0.717) is 11.1 Å². The molecule has 23 heteroatoms. The number of phenolic OH excluding ortho intramolecular Hbond substituents is 1. The van der Waals surface area contributed by atoms with Crippen molar-refractivity contribution in [3.8, 4) is 5.75 Å². The van der Waals surface area contributed by atoms with Crippen LogP contribution in [0.3, 0.4) is 0 Å². The molecule has 6 atom stereocenters. The molecule has 3 rings (SSSR count). The number of fused-ring (bicyclic) bond motifs is 1. The third kappa shape index (κ3) is 20.1. The van der Waals surface area contributed by atoms with Crippen LogP contribution < -0.4 is 48.3 Å². The number of rotatable bonds is 29. The van der Waals surface area contributed by atoms with Crippen molar-refractivity contribution >= 4 is 70.1 Å². The lowest BCUT2D eigenvalue weighted by Crippen LogP contribution is -2.58. The van der Waals surface area contributed by atoms with Gasteiger partial charge in [-0.1, -0.05) is 71.9 Å². The highest BCUT2D eigenvalue weighted by molar-refractivity contribution is 5.97. The second kappa shape index (κ2) is 28.2. The fourth-order valence-corrected chi connectivity index (χ4v) is 7.28. The lowest BCUT2D eigenvalue weighted by Gasteiger charge is -2.26. The second-order valence-electron chi connectivity index (χ2n) is 18.4. The number of aromatic amines is 1. The van der Waals surface area contributed by atoms with Crippen molar-refractivity contribution in [2.75, 3.05) is 19.6 Å². The fourth-order valence-electron chi connectivity index (χ4n) is 7.28. The van der Waals surface area contributed by atoms with Gasteiger partial charge in [-0.15, -0.1) is 0 Å². The highest BCUT2D eigenvalue weighted by Gasteiger charge is 2.32. The van der Waals surface area contributed by atoms with Crippen LogP contribution in [0.2, 0.25) is 0 Å². The van der Waals surface area contributed by atoms with E-state index in [1.807, 2.05) is 19.9 Å². The van der Waals surface area contributed by atoms with Crippen molar-refractivity contribution in [3.05, 3.63) is 65.9 Å². The molecule has 8 amide bonds. The van der Waals surface area contributed by atoms with Crippen molar-refractivity contribution in [3.63, 3.8) is 0 Å². The van der Waals surface area contributed by atoms with Gasteiger partial charge in [0, 0.05) is 29.9 Å². The number of nitrogens with two attached hydrogens (primary N) is 1. The summed E-state index contributed by atoms with van der Waals surface area (Å²) >= 11 is 0. The fraction of sp³-hybridized carbons (Fsp3) is 0.500. The normalized spacial score (nSPS) is 13.7. The summed E-state index contributed by atoms with van der Waals surface area (Å²) in [7, 11) is 0. The maximum atomic E-state index is 14.1. The smallest absolute Gasteiger partial charge is 0.326 e. The van der Waals surface area contributed by atoms with Gasteiger partial charge < -0.3 is 68.6 Å². The van der Waals surface area contributed by atoms with Crippen LogP contribution in [0.15, 0.2) is 54.7 Å². The van der Waals surface area contributed by atoms with E-state index in [0.717, 1.165) is 10.9 Å². The number of carbonyl (C=O) groups excluding carboxylic acids is 8. The van der Waals surface area contributed by atoms with Gasteiger partial charge in [-0.3, -0.25) is 43.2 Å². The predicted octanol–water partition coefficient (Wildman–Crippen LogP) is -0.544. The van der Waals surface area contributed by atoms with Gasteiger partial charge in [-0.25, -0.2) is 4.79 Å². The Balaban J connectivity index is 1.68. The number of hydrogen-bond acceptors (Lipinski definition) is 12. The van der Waals surface area contributed by atoms with Gasteiger partial charge in [-0.2, -0.15) is 0 Å². The van der Waals surface area contributed by atoms with E-state index < -0.39 is 134 Å². The van der Waals surface area contributed by atoms with E-state index >= 15 is 0 Å². The standard InChI is InChI=1S/C48H68N10O13/c1-25(2)17-35(55-43(65)32(49)19-28-11-13-30(59)14-12-28)44(66)52-22-38(60)51-23-39(61)54-34(15-16-41(63)64)46(68)56-36(18-26(3)4)47(69)57-37(20-29-21-50-33-10-8-7-9-31(29)33)45(67)53-24-40(62)58-42(27(5)6)48(70)71/h7-14,21,25-27,32,34-37,42,50,59H,15-20,22-24,49H2,1-6H3,(H,51,60)(H,52,66)(H,53,67)(H,54,61)(H,55,65)(H,56,68)(H,57,69)(H,58,62)(H,63,64)(H,70,71)/t32-,34+,35+,36+,37+,42+/m1/s1. The number of carbonyl (C=O) groups is 10. The average molecular weight is 993 g/mol. The van der Waals surface area contributed by atoms with Crippen molar-refractivity contribution in [1.29, 1.82) is 0 Å². The van der Waals surface area contributed by atoms with Crippen molar-refractivity contribution in [2.45, 2.75) is 116 Å².